The van der Waals surface area contributed by atoms with E-state index in [1.807, 2.05) is 0 Å². The van der Waals surface area contributed by atoms with Gasteiger partial charge in [-0.15, -0.1) is 0 Å². The highest BCUT2D eigenvalue weighted by atomic mass is 35.5. The topological polar surface area (TPSA) is 18.5 Å². The Morgan fingerprint density at radius 3 is 2.23 bits per heavy atom. The fourth-order valence-corrected chi connectivity index (χ4v) is 3.71. The molecule has 0 aromatic carbocycles. The molecule has 1 aliphatic rings. The minimum absolute atomic E-state index is 0.112. The molecule has 0 aromatic heterocycles. The molecular formula is C17H31Cl2FO2. The summed E-state index contributed by atoms with van der Waals surface area (Å²) in [4.78, 5) is 0. The Hall–Kier alpha value is 0.430. The van der Waals surface area contributed by atoms with Crippen molar-refractivity contribution in [3.63, 3.8) is 0 Å². The third-order valence-corrected chi connectivity index (χ3v) is 5.03. The summed E-state index contributed by atoms with van der Waals surface area (Å²) in [5.41, 5.74) is -0.189. The Labute approximate surface area is 145 Å². The molecule has 1 saturated carbocycles. The molecule has 132 valence electrons. The van der Waals surface area contributed by atoms with E-state index in [2.05, 4.69) is 13.8 Å². The molecule has 0 saturated heterocycles. The van der Waals surface area contributed by atoms with Gasteiger partial charge in [0.2, 0.25) is 0 Å². The van der Waals surface area contributed by atoms with Gasteiger partial charge in [0.05, 0.1) is 13.2 Å². The van der Waals surface area contributed by atoms with Crippen LogP contribution in [-0.4, -0.2) is 31.5 Å². The predicted molar refractivity (Wildman–Crippen MR) is 91.3 cm³/mol. The van der Waals surface area contributed by atoms with Gasteiger partial charge in [0.25, 0.3) is 4.59 Å². The van der Waals surface area contributed by atoms with E-state index >= 15 is 0 Å². The maximum absolute atomic E-state index is 13.6. The van der Waals surface area contributed by atoms with Gasteiger partial charge in [0.1, 0.15) is 0 Å². The molecule has 1 fully saturated rings. The summed E-state index contributed by atoms with van der Waals surface area (Å²) in [6.45, 7) is 6.12. The van der Waals surface area contributed by atoms with E-state index in [4.69, 9.17) is 32.7 Å². The summed E-state index contributed by atoms with van der Waals surface area (Å²) >= 11 is 11.2. The van der Waals surface area contributed by atoms with E-state index in [0.29, 0.717) is 38.1 Å². The summed E-state index contributed by atoms with van der Waals surface area (Å²) < 4.78 is 22.9. The van der Waals surface area contributed by atoms with Crippen LogP contribution in [0.3, 0.4) is 0 Å². The molecule has 0 heterocycles. The molecule has 0 bridgehead atoms. The summed E-state index contributed by atoms with van der Waals surface area (Å²) in [6.07, 6.45) is 6.74. The summed E-state index contributed by atoms with van der Waals surface area (Å²) in [6, 6.07) is 0. The lowest BCUT2D eigenvalue weighted by molar-refractivity contribution is -0.0662. The van der Waals surface area contributed by atoms with E-state index in [1.165, 1.54) is 19.3 Å². The van der Waals surface area contributed by atoms with Gasteiger partial charge in [-0.05, 0) is 31.1 Å². The Morgan fingerprint density at radius 1 is 1.09 bits per heavy atom. The Morgan fingerprint density at radius 2 is 1.73 bits per heavy atom. The van der Waals surface area contributed by atoms with E-state index in [-0.39, 0.29) is 11.8 Å². The normalized spacial score (nSPS) is 20.3. The molecule has 0 radical (unpaired) electrons. The Kier molecular flexibility index (Phi) is 8.99. The number of alkyl halides is 3. The van der Waals surface area contributed by atoms with Crippen molar-refractivity contribution < 1.29 is 13.9 Å². The van der Waals surface area contributed by atoms with E-state index in [9.17, 15) is 4.39 Å². The van der Waals surface area contributed by atoms with Crippen LogP contribution < -0.4 is 0 Å². The van der Waals surface area contributed by atoms with Gasteiger partial charge >= 0.3 is 0 Å². The zero-order chi connectivity index (χ0) is 16.6. The average Bonchev–Trinajstić information content (AvgIpc) is 2.44. The number of rotatable bonds is 10. The lowest BCUT2D eigenvalue weighted by atomic mass is 9.67. The van der Waals surface area contributed by atoms with Crippen LogP contribution in [0.1, 0.15) is 58.8 Å². The van der Waals surface area contributed by atoms with Crippen molar-refractivity contribution in [3.8, 4) is 0 Å². The highest BCUT2D eigenvalue weighted by Gasteiger charge is 2.41. The van der Waals surface area contributed by atoms with Crippen molar-refractivity contribution in [2.24, 2.45) is 17.3 Å². The molecule has 22 heavy (non-hydrogen) atoms. The van der Waals surface area contributed by atoms with E-state index in [0.717, 1.165) is 12.8 Å². The summed E-state index contributed by atoms with van der Waals surface area (Å²) in [5.74, 6) is 0.969. The van der Waals surface area contributed by atoms with Crippen LogP contribution >= 0.6 is 23.2 Å². The van der Waals surface area contributed by atoms with Crippen LogP contribution in [-0.2, 0) is 9.47 Å². The van der Waals surface area contributed by atoms with Crippen molar-refractivity contribution in [3.05, 3.63) is 0 Å². The minimum atomic E-state index is -2.17. The van der Waals surface area contributed by atoms with Gasteiger partial charge in [-0.1, -0.05) is 56.3 Å². The maximum atomic E-state index is 13.6. The van der Waals surface area contributed by atoms with Crippen LogP contribution in [0.15, 0.2) is 0 Å². The number of hydrogen-bond donors (Lipinski definition) is 0. The molecule has 0 aliphatic heterocycles. The lowest BCUT2D eigenvalue weighted by Crippen LogP contribution is -2.41. The second kappa shape index (κ2) is 9.66. The smallest absolute Gasteiger partial charge is 0.257 e. The highest BCUT2D eigenvalue weighted by Crippen LogP contribution is 2.45. The van der Waals surface area contributed by atoms with E-state index in [1.54, 1.807) is 7.11 Å². The van der Waals surface area contributed by atoms with Crippen LogP contribution in [0, 0.1) is 17.3 Å². The molecule has 2 nitrogen and oxygen atoms in total. The van der Waals surface area contributed by atoms with Crippen LogP contribution in [0.25, 0.3) is 0 Å². The van der Waals surface area contributed by atoms with Gasteiger partial charge in [-0.2, -0.15) is 0 Å². The third kappa shape index (κ3) is 7.33. The van der Waals surface area contributed by atoms with Crippen molar-refractivity contribution in [1.29, 1.82) is 0 Å². The molecule has 5 heteroatoms. The first-order valence-electron chi connectivity index (χ1n) is 8.42. The number of halogens is 3. The first-order valence-corrected chi connectivity index (χ1v) is 9.18. The van der Waals surface area contributed by atoms with Gasteiger partial charge in [0.15, 0.2) is 0 Å². The van der Waals surface area contributed by atoms with Gasteiger partial charge in [-0.25, -0.2) is 4.39 Å². The van der Waals surface area contributed by atoms with Crippen molar-refractivity contribution in [2.45, 2.75) is 63.4 Å². The molecule has 0 aromatic rings. The predicted octanol–water partition coefficient (Wildman–Crippen LogP) is 5.75. The molecule has 1 rings (SSSR count). The molecule has 0 amide bonds. The van der Waals surface area contributed by atoms with Crippen LogP contribution in [0.2, 0.25) is 0 Å². The second-order valence-electron chi connectivity index (χ2n) is 7.15. The quantitative estimate of drug-likeness (QED) is 0.463. The SMILES string of the molecule is COCC(CCC(F)(Cl)Cl)(COCC(C)C)C1CCCCC1. The molecular weight excluding hydrogens is 326 g/mol. The summed E-state index contributed by atoms with van der Waals surface area (Å²) in [7, 11) is 1.70. The first-order chi connectivity index (χ1) is 10.3. The lowest BCUT2D eigenvalue weighted by Gasteiger charge is -2.43. The largest absolute Gasteiger partial charge is 0.384 e. The zero-order valence-corrected chi connectivity index (χ0v) is 15.7. The maximum Gasteiger partial charge on any atom is 0.257 e. The minimum Gasteiger partial charge on any atom is -0.384 e. The van der Waals surface area contributed by atoms with E-state index < -0.39 is 4.59 Å². The zero-order valence-electron chi connectivity index (χ0n) is 14.2. The number of hydrogen-bond acceptors (Lipinski definition) is 2. The summed E-state index contributed by atoms with van der Waals surface area (Å²) in [5, 5.41) is 0. The molecule has 1 atom stereocenters. The highest BCUT2D eigenvalue weighted by molar-refractivity contribution is 6.47. The van der Waals surface area contributed by atoms with Crippen molar-refractivity contribution >= 4 is 23.2 Å². The molecule has 1 aliphatic carbocycles. The third-order valence-electron chi connectivity index (χ3n) is 4.65. The molecule has 0 N–H and O–H groups in total. The van der Waals surface area contributed by atoms with Gasteiger partial charge in [-0.3, -0.25) is 0 Å². The Balaban J connectivity index is 2.80. The van der Waals surface area contributed by atoms with Gasteiger partial charge < -0.3 is 9.47 Å². The van der Waals surface area contributed by atoms with Gasteiger partial charge in [0, 0.05) is 25.6 Å². The second-order valence-corrected chi connectivity index (χ2v) is 8.55. The fraction of sp³-hybridized carbons (Fsp3) is 1.00. The Bertz CT molecular complexity index is 302. The fourth-order valence-electron chi connectivity index (χ4n) is 3.52. The number of ether oxygens (including phenoxy) is 2. The molecule has 1 unspecified atom stereocenters. The first kappa shape index (κ1) is 20.5. The van der Waals surface area contributed by atoms with Crippen molar-refractivity contribution in [1.82, 2.24) is 0 Å². The van der Waals surface area contributed by atoms with Crippen molar-refractivity contribution in [2.75, 3.05) is 26.9 Å². The molecule has 0 spiro atoms. The number of methoxy groups -OCH3 is 1. The van der Waals surface area contributed by atoms with Crippen LogP contribution in [0.5, 0.6) is 0 Å². The van der Waals surface area contributed by atoms with Crippen LogP contribution in [0.4, 0.5) is 4.39 Å². The standard InChI is InChI=1S/C17H31Cl2FO2/c1-14(2)11-22-13-16(12-21-3,9-10-17(18,19)20)15-7-5-4-6-8-15/h14-15H,4-13H2,1-3H3. The average molecular weight is 357 g/mol. The monoisotopic (exact) mass is 356 g/mol.